The van der Waals surface area contributed by atoms with Gasteiger partial charge in [0.05, 0.1) is 6.61 Å². The van der Waals surface area contributed by atoms with Gasteiger partial charge in [-0.05, 0) is 43.2 Å². The molecule has 0 bridgehead atoms. The van der Waals surface area contributed by atoms with Crippen LogP contribution in [0.1, 0.15) is 67.8 Å². The van der Waals surface area contributed by atoms with Gasteiger partial charge in [0.1, 0.15) is 5.75 Å². The number of nitrogens with zero attached hydrogens (tertiary/aromatic N) is 1. The van der Waals surface area contributed by atoms with Crippen molar-refractivity contribution in [2.24, 2.45) is 0 Å². The molecule has 0 fully saturated rings. The van der Waals surface area contributed by atoms with Crippen LogP contribution in [-0.4, -0.2) is 28.0 Å². The van der Waals surface area contributed by atoms with Crippen molar-refractivity contribution in [2.75, 3.05) is 6.61 Å². The molecule has 1 aromatic heterocycles. The molecule has 5 heteroatoms. The van der Waals surface area contributed by atoms with Crippen LogP contribution in [0, 0.1) is 0 Å². The molecule has 0 spiro atoms. The molecule has 0 saturated carbocycles. The van der Waals surface area contributed by atoms with Gasteiger partial charge in [-0.25, -0.2) is 0 Å². The van der Waals surface area contributed by atoms with Crippen LogP contribution < -0.4 is 4.74 Å². The number of carboxylic acids is 1. The van der Waals surface area contributed by atoms with E-state index in [1.54, 1.807) is 0 Å². The Balaban J connectivity index is 1.67. The topological polar surface area (TPSA) is 68.5 Å². The van der Waals surface area contributed by atoms with Crippen LogP contribution in [0.25, 0.3) is 10.9 Å². The van der Waals surface area contributed by atoms with Gasteiger partial charge in [-0.1, -0.05) is 50.8 Å². The number of rotatable bonds is 13. The summed E-state index contributed by atoms with van der Waals surface area (Å²) in [5, 5.41) is 9.78. The Labute approximate surface area is 183 Å². The summed E-state index contributed by atoms with van der Waals surface area (Å²) in [5.74, 6) is -0.0709. The number of carbonyl (C=O) groups is 2. The molecule has 3 aromatic rings. The van der Waals surface area contributed by atoms with E-state index in [9.17, 15) is 9.59 Å². The first-order chi connectivity index (χ1) is 15.1. The van der Waals surface area contributed by atoms with Gasteiger partial charge in [-0.15, -0.1) is 0 Å². The number of hydrogen-bond donors (Lipinski definition) is 1. The zero-order valence-electron chi connectivity index (χ0n) is 18.2. The molecule has 0 unspecified atom stereocenters. The van der Waals surface area contributed by atoms with E-state index in [0.717, 1.165) is 23.1 Å². The molecule has 0 saturated heterocycles. The highest BCUT2D eigenvalue weighted by Gasteiger charge is 2.17. The Morgan fingerprint density at radius 1 is 0.935 bits per heavy atom. The molecule has 0 aliphatic rings. The molecule has 0 aliphatic heterocycles. The number of ether oxygens (including phenoxy) is 1. The first kappa shape index (κ1) is 22.6. The van der Waals surface area contributed by atoms with Gasteiger partial charge >= 0.3 is 5.97 Å². The third-order valence-electron chi connectivity index (χ3n) is 5.46. The number of aryl methyl sites for hydroxylation is 1. The van der Waals surface area contributed by atoms with E-state index in [2.05, 4.69) is 6.92 Å². The van der Waals surface area contributed by atoms with E-state index in [1.165, 1.54) is 25.7 Å². The first-order valence-corrected chi connectivity index (χ1v) is 11.2. The smallest absolute Gasteiger partial charge is 0.303 e. The molecule has 1 heterocycles. The Hall–Kier alpha value is -3.08. The van der Waals surface area contributed by atoms with Crippen molar-refractivity contribution in [3.05, 3.63) is 65.9 Å². The normalized spacial score (nSPS) is 11.0. The third kappa shape index (κ3) is 6.20. The van der Waals surface area contributed by atoms with Crippen LogP contribution in [0.2, 0.25) is 0 Å². The number of carbonyl (C=O) groups excluding carboxylic acids is 1. The maximum absolute atomic E-state index is 13.2. The third-order valence-corrected chi connectivity index (χ3v) is 5.46. The number of unbranched alkanes of at least 4 members (excludes halogenated alkanes) is 4. The highest BCUT2D eigenvalue weighted by molar-refractivity contribution is 6.16. The number of hydrogen-bond acceptors (Lipinski definition) is 3. The lowest BCUT2D eigenvalue weighted by Crippen LogP contribution is -2.03. The molecule has 1 N–H and O–H groups in total. The molecular formula is C26H31NO4. The number of fused-ring (bicyclic) bond motifs is 1. The van der Waals surface area contributed by atoms with E-state index in [1.807, 2.05) is 59.3 Å². The number of para-hydroxylation sites is 1. The minimum atomic E-state index is -0.809. The van der Waals surface area contributed by atoms with Crippen molar-refractivity contribution in [1.82, 2.24) is 4.57 Å². The predicted molar refractivity (Wildman–Crippen MR) is 123 cm³/mol. The SMILES string of the molecule is CCCCCCCOc1ccc(C(=O)c2cn(CCCC(=O)O)c3ccccc23)cc1. The molecule has 5 nitrogen and oxygen atoms in total. The highest BCUT2D eigenvalue weighted by Crippen LogP contribution is 2.25. The quantitative estimate of drug-likeness (QED) is 0.268. The molecule has 31 heavy (non-hydrogen) atoms. The Kier molecular flexibility index (Phi) is 8.27. The average Bonchev–Trinajstić information content (AvgIpc) is 3.15. The van der Waals surface area contributed by atoms with Gasteiger partial charge in [-0.2, -0.15) is 0 Å². The van der Waals surface area contributed by atoms with Gasteiger partial charge in [0.2, 0.25) is 0 Å². The first-order valence-electron chi connectivity index (χ1n) is 11.2. The van der Waals surface area contributed by atoms with Crippen molar-refractivity contribution in [3.63, 3.8) is 0 Å². The van der Waals surface area contributed by atoms with Gasteiger partial charge in [-0.3, -0.25) is 9.59 Å². The standard InChI is InChI=1S/C26H31NO4/c1-2-3-4-5-8-18-31-21-15-13-20(14-16-21)26(30)23-19-27(17-9-12-25(28)29)24-11-7-6-10-22(23)24/h6-7,10-11,13-16,19H,2-5,8-9,12,17-18H2,1H3,(H,28,29). The van der Waals surface area contributed by atoms with Gasteiger partial charge in [0.15, 0.2) is 5.78 Å². The Morgan fingerprint density at radius 3 is 2.42 bits per heavy atom. The molecule has 3 rings (SSSR count). The van der Waals surface area contributed by atoms with Crippen molar-refractivity contribution in [1.29, 1.82) is 0 Å². The summed E-state index contributed by atoms with van der Waals surface area (Å²) in [6.45, 7) is 3.46. The van der Waals surface area contributed by atoms with Crippen LogP contribution in [0.15, 0.2) is 54.7 Å². The van der Waals surface area contributed by atoms with Crippen molar-refractivity contribution in [3.8, 4) is 5.75 Å². The minimum Gasteiger partial charge on any atom is -0.494 e. The summed E-state index contributed by atoms with van der Waals surface area (Å²) in [5.41, 5.74) is 2.19. The van der Waals surface area contributed by atoms with Crippen molar-refractivity contribution in [2.45, 2.75) is 58.4 Å². The summed E-state index contributed by atoms with van der Waals surface area (Å²) in [4.78, 5) is 24.0. The van der Waals surface area contributed by atoms with Gasteiger partial charge in [0.25, 0.3) is 0 Å². The summed E-state index contributed by atoms with van der Waals surface area (Å²) in [6.07, 6.45) is 8.45. The van der Waals surface area contributed by atoms with Crippen LogP contribution >= 0.6 is 0 Å². The van der Waals surface area contributed by atoms with E-state index in [0.29, 0.717) is 30.7 Å². The summed E-state index contributed by atoms with van der Waals surface area (Å²) < 4.78 is 7.77. The van der Waals surface area contributed by atoms with Crippen molar-refractivity contribution < 1.29 is 19.4 Å². The maximum Gasteiger partial charge on any atom is 0.303 e. The highest BCUT2D eigenvalue weighted by atomic mass is 16.5. The molecule has 164 valence electrons. The minimum absolute atomic E-state index is 0.0423. The largest absolute Gasteiger partial charge is 0.494 e. The number of carboxylic acid groups (broad SMARTS) is 1. The predicted octanol–water partition coefficient (Wildman–Crippen LogP) is 6.09. The fraction of sp³-hybridized carbons (Fsp3) is 0.385. The lowest BCUT2D eigenvalue weighted by molar-refractivity contribution is -0.137. The van der Waals surface area contributed by atoms with E-state index >= 15 is 0 Å². The van der Waals surface area contributed by atoms with Crippen LogP contribution in [0.5, 0.6) is 5.75 Å². The number of ketones is 1. The monoisotopic (exact) mass is 421 g/mol. The van der Waals surface area contributed by atoms with Crippen LogP contribution in [-0.2, 0) is 11.3 Å². The molecular weight excluding hydrogens is 390 g/mol. The zero-order valence-corrected chi connectivity index (χ0v) is 18.2. The molecule has 2 aromatic carbocycles. The van der Waals surface area contributed by atoms with E-state index in [4.69, 9.17) is 9.84 Å². The summed E-state index contributed by atoms with van der Waals surface area (Å²) in [7, 11) is 0. The average molecular weight is 422 g/mol. The number of aliphatic carboxylic acids is 1. The van der Waals surface area contributed by atoms with Gasteiger partial charge in [0, 0.05) is 41.2 Å². The lowest BCUT2D eigenvalue weighted by atomic mass is 10.0. The second-order valence-corrected chi connectivity index (χ2v) is 7.87. The maximum atomic E-state index is 13.2. The van der Waals surface area contributed by atoms with Gasteiger partial charge < -0.3 is 14.4 Å². The molecule has 0 amide bonds. The number of aromatic nitrogens is 1. The van der Waals surface area contributed by atoms with E-state index in [-0.39, 0.29) is 12.2 Å². The number of benzene rings is 2. The lowest BCUT2D eigenvalue weighted by Gasteiger charge is -2.07. The molecule has 0 atom stereocenters. The van der Waals surface area contributed by atoms with E-state index < -0.39 is 5.97 Å². The van der Waals surface area contributed by atoms with Crippen molar-refractivity contribution >= 4 is 22.7 Å². The zero-order chi connectivity index (χ0) is 22.1. The fourth-order valence-electron chi connectivity index (χ4n) is 3.77. The molecule has 0 aliphatic carbocycles. The Morgan fingerprint density at radius 2 is 1.68 bits per heavy atom. The second kappa shape index (κ2) is 11.3. The summed E-state index contributed by atoms with van der Waals surface area (Å²) >= 11 is 0. The van der Waals surface area contributed by atoms with Crippen LogP contribution in [0.4, 0.5) is 0 Å². The fourth-order valence-corrected chi connectivity index (χ4v) is 3.77. The second-order valence-electron chi connectivity index (χ2n) is 7.87. The Bertz CT molecular complexity index is 1000. The summed E-state index contributed by atoms with van der Waals surface area (Å²) in [6, 6.07) is 15.1. The molecule has 0 radical (unpaired) electrons. The van der Waals surface area contributed by atoms with Crippen LogP contribution in [0.3, 0.4) is 0 Å².